The quantitative estimate of drug-likeness (QED) is 0.886. The van der Waals surface area contributed by atoms with Crippen molar-refractivity contribution in [3.63, 3.8) is 0 Å². The molecule has 0 aliphatic heterocycles. The lowest BCUT2D eigenvalue weighted by molar-refractivity contribution is 0.547. The molecule has 0 fully saturated rings. The zero-order valence-electron chi connectivity index (χ0n) is 12.5. The summed E-state index contributed by atoms with van der Waals surface area (Å²) < 4.78 is 27.4. The summed E-state index contributed by atoms with van der Waals surface area (Å²) >= 11 is 0. The molecule has 0 radical (unpaired) electrons. The maximum absolute atomic E-state index is 13.8. The fraction of sp³-hybridized carbons (Fsp3) is 0.333. The van der Waals surface area contributed by atoms with Crippen LogP contribution in [0.1, 0.15) is 32.2 Å². The molecule has 3 N–H and O–H groups in total. The number of hydrogen-bond donors (Lipinski definition) is 2. The molecule has 0 atom stereocenters. The number of nitrogen functional groups attached to an aromatic ring is 1. The van der Waals surface area contributed by atoms with Gasteiger partial charge in [0.1, 0.15) is 29.1 Å². The van der Waals surface area contributed by atoms with Crippen LogP contribution in [0.3, 0.4) is 0 Å². The number of aromatic nitrogens is 2. The maximum Gasteiger partial charge on any atom is 0.147 e. The summed E-state index contributed by atoms with van der Waals surface area (Å²) in [7, 11) is 0. The predicted molar refractivity (Wildman–Crippen MR) is 79.5 cm³/mol. The Labute approximate surface area is 122 Å². The Bertz CT molecular complexity index is 678. The van der Waals surface area contributed by atoms with Crippen molar-refractivity contribution >= 4 is 17.3 Å². The summed E-state index contributed by atoms with van der Waals surface area (Å²) in [5.41, 5.74) is 5.70. The first kappa shape index (κ1) is 15.2. The van der Waals surface area contributed by atoms with Gasteiger partial charge in [-0.05, 0) is 18.6 Å². The van der Waals surface area contributed by atoms with Crippen molar-refractivity contribution in [1.29, 1.82) is 0 Å². The Balaban J connectivity index is 2.40. The highest BCUT2D eigenvalue weighted by Gasteiger charge is 2.19. The minimum atomic E-state index is -0.552. The van der Waals surface area contributed by atoms with Crippen LogP contribution < -0.4 is 11.1 Å². The van der Waals surface area contributed by atoms with Crippen LogP contribution in [0.5, 0.6) is 0 Å². The minimum absolute atomic E-state index is 0.0102. The van der Waals surface area contributed by atoms with Crippen molar-refractivity contribution in [2.24, 2.45) is 0 Å². The summed E-state index contributed by atoms with van der Waals surface area (Å²) in [6.07, 6.45) is 0. The molecule has 0 bridgehead atoms. The molecule has 1 aromatic carbocycles. The van der Waals surface area contributed by atoms with E-state index in [1.54, 1.807) is 0 Å². The van der Waals surface area contributed by atoms with E-state index >= 15 is 0 Å². The van der Waals surface area contributed by atoms with E-state index in [9.17, 15) is 8.78 Å². The normalized spacial score (nSPS) is 11.5. The van der Waals surface area contributed by atoms with E-state index in [1.165, 1.54) is 13.0 Å². The number of aryl methyl sites for hydroxylation is 1. The maximum atomic E-state index is 13.8. The molecule has 2 rings (SSSR count). The fourth-order valence-electron chi connectivity index (χ4n) is 1.75. The molecule has 4 nitrogen and oxygen atoms in total. The van der Waals surface area contributed by atoms with Gasteiger partial charge in [0.05, 0.1) is 5.69 Å². The minimum Gasteiger partial charge on any atom is -0.384 e. The van der Waals surface area contributed by atoms with Crippen LogP contribution in [-0.4, -0.2) is 9.97 Å². The van der Waals surface area contributed by atoms with E-state index in [0.29, 0.717) is 11.6 Å². The number of anilines is 3. The van der Waals surface area contributed by atoms with E-state index in [4.69, 9.17) is 5.73 Å². The van der Waals surface area contributed by atoms with Crippen molar-refractivity contribution in [2.75, 3.05) is 11.1 Å². The van der Waals surface area contributed by atoms with Crippen LogP contribution in [-0.2, 0) is 5.41 Å². The van der Waals surface area contributed by atoms with Crippen LogP contribution >= 0.6 is 0 Å². The molecule has 6 heteroatoms. The Hall–Kier alpha value is -2.24. The zero-order valence-corrected chi connectivity index (χ0v) is 12.5. The van der Waals surface area contributed by atoms with Gasteiger partial charge in [0.25, 0.3) is 0 Å². The summed E-state index contributed by atoms with van der Waals surface area (Å²) in [4.78, 5) is 8.46. The van der Waals surface area contributed by atoms with E-state index in [2.05, 4.69) is 15.3 Å². The lowest BCUT2D eigenvalue weighted by atomic mass is 9.96. The molecule has 0 spiro atoms. The van der Waals surface area contributed by atoms with Crippen LogP contribution in [0.25, 0.3) is 0 Å². The van der Waals surface area contributed by atoms with E-state index in [1.807, 2.05) is 20.8 Å². The molecule has 0 saturated carbocycles. The highest BCUT2D eigenvalue weighted by Crippen LogP contribution is 2.25. The van der Waals surface area contributed by atoms with Gasteiger partial charge in [-0.1, -0.05) is 20.8 Å². The topological polar surface area (TPSA) is 63.8 Å². The Morgan fingerprint density at radius 1 is 1.05 bits per heavy atom. The van der Waals surface area contributed by atoms with E-state index < -0.39 is 11.6 Å². The molecule has 0 aliphatic carbocycles. The second-order valence-electron chi connectivity index (χ2n) is 5.96. The van der Waals surface area contributed by atoms with Gasteiger partial charge in [-0.2, -0.15) is 0 Å². The third kappa shape index (κ3) is 3.45. The van der Waals surface area contributed by atoms with Crippen molar-refractivity contribution in [1.82, 2.24) is 9.97 Å². The number of hydrogen-bond acceptors (Lipinski definition) is 4. The number of nitrogens with one attached hydrogen (secondary N) is 1. The number of rotatable bonds is 2. The van der Waals surface area contributed by atoms with Gasteiger partial charge in [0.15, 0.2) is 0 Å². The third-order valence-electron chi connectivity index (χ3n) is 2.93. The van der Waals surface area contributed by atoms with Gasteiger partial charge < -0.3 is 11.1 Å². The average Bonchev–Trinajstić information content (AvgIpc) is 2.34. The van der Waals surface area contributed by atoms with Crippen LogP contribution in [0.15, 0.2) is 18.2 Å². The van der Waals surface area contributed by atoms with Crippen molar-refractivity contribution in [2.45, 2.75) is 33.1 Å². The SMILES string of the molecule is Cc1cc(F)c(Nc2cc(N)nc(C(C)(C)C)n2)cc1F. The molecular weight excluding hydrogens is 274 g/mol. The van der Waals surface area contributed by atoms with Crippen LogP contribution in [0.4, 0.5) is 26.1 Å². The zero-order chi connectivity index (χ0) is 15.8. The first-order valence-corrected chi connectivity index (χ1v) is 6.54. The predicted octanol–water partition coefficient (Wildman–Crippen LogP) is 3.69. The monoisotopic (exact) mass is 292 g/mol. The second kappa shape index (κ2) is 5.27. The molecule has 1 aromatic heterocycles. The van der Waals surface area contributed by atoms with Crippen molar-refractivity contribution in [3.8, 4) is 0 Å². The highest BCUT2D eigenvalue weighted by atomic mass is 19.1. The number of halogens is 2. The molecule has 0 amide bonds. The lowest BCUT2D eigenvalue weighted by Crippen LogP contribution is -2.17. The highest BCUT2D eigenvalue weighted by molar-refractivity contribution is 5.60. The average molecular weight is 292 g/mol. The van der Waals surface area contributed by atoms with Gasteiger partial charge >= 0.3 is 0 Å². The smallest absolute Gasteiger partial charge is 0.147 e. The molecule has 0 saturated heterocycles. The van der Waals surface area contributed by atoms with Gasteiger partial charge in [0.2, 0.25) is 0 Å². The van der Waals surface area contributed by atoms with Gasteiger partial charge in [-0.3, -0.25) is 0 Å². The number of benzene rings is 1. The number of nitrogens with two attached hydrogens (primary N) is 1. The van der Waals surface area contributed by atoms with Crippen LogP contribution in [0, 0.1) is 18.6 Å². The largest absolute Gasteiger partial charge is 0.384 e. The Morgan fingerprint density at radius 3 is 2.33 bits per heavy atom. The van der Waals surface area contributed by atoms with Crippen LogP contribution in [0.2, 0.25) is 0 Å². The summed E-state index contributed by atoms with van der Waals surface area (Å²) in [6, 6.07) is 3.71. The first-order valence-electron chi connectivity index (χ1n) is 6.54. The molecule has 1 heterocycles. The Kier molecular flexibility index (Phi) is 3.80. The third-order valence-corrected chi connectivity index (χ3v) is 2.93. The Morgan fingerprint density at radius 2 is 1.71 bits per heavy atom. The fourth-order valence-corrected chi connectivity index (χ4v) is 1.75. The van der Waals surface area contributed by atoms with Gasteiger partial charge in [-0.25, -0.2) is 18.7 Å². The summed E-state index contributed by atoms with van der Waals surface area (Å²) in [5, 5.41) is 2.75. The molecule has 0 aliphatic rings. The molecule has 112 valence electrons. The van der Waals surface area contributed by atoms with E-state index in [-0.39, 0.29) is 22.5 Å². The molecular formula is C15H18F2N4. The van der Waals surface area contributed by atoms with Gasteiger partial charge in [-0.15, -0.1) is 0 Å². The molecule has 2 aromatic rings. The molecule has 21 heavy (non-hydrogen) atoms. The number of nitrogens with zero attached hydrogens (tertiary/aromatic N) is 2. The summed E-state index contributed by atoms with van der Waals surface area (Å²) in [5.74, 6) is 0.0818. The van der Waals surface area contributed by atoms with Crippen molar-refractivity contribution in [3.05, 3.63) is 41.2 Å². The summed E-state index contributed by atoms with van der Waals surface area (Å²) in [6.45, 7) is 7.33. The second-order valence-corrected chi connectivity index (χ2v) is 5.96. The van der Waals surface area contributed by atoms with E-state index in [0.717, 1.165) is 12.1 Å². The van der Waals surface area contributed by atoms with Gasteiger partial charge in [0, 0.05) is 17.5 Å². The molecule has 0 unspecified atom stereocenters. The standard InChI is InChI=1S/C15H18F2N4/c1-8-5-10(17)11(6-9(8)16)19-13-7-12(18)20-14(21-13)15(2,3)4/h5-7H,1-4H3,(H3,18,19,20,21). The first-order chi connectivity index (χ1) is 9.66. The lowest BCUT2D eigenvalue weighted by Gasteiger charge is -2.18. The van der Waals surface area contributed by atoms with Crippen molar-refractivity contribution < 1.29 is 8.78 Å².